The zero-order valence-corrected chi connectivity index (χ0v) is 16.2. The van der Waals surface area contributed by atoms with E-state index in [1.807, 2.05) is 49.4 Å². The Hall–Kier alpha value is -2.13. The molecule has 1 heterocycles. The summed E-state index contributed by atoms with van der Waals surface area (Å²) in [4.78, 5) is 0. The summed E-state index contributed by atoms with van der Waals surface area (Å²) in [5.41, 5.74) is 0.924. The highest BCUT2D eigenvalue weighted by Crippen LogP contribution is 2.38. The summed E-state index contributed by atoms with van der Waals surface area (Å²) >= 11 is 6.11. The second-order valence-corrected chi connectivity index (χ2v) is 6.56. The molecule has 27 heavy (non-hydrogen) atoms. The van der Waals surface area contributed by atoms with Gasteiger partial charge in [-0.1, -0.05) is 17.7 Å². The lowest BCUT2D eigenvalue weighted by Crippen LogP contribution is -2.68. The quantitative estimate of drug-likeness (QED) is 0.575. The van der Waals surface area contributed by atoms with Gasteiger partial charge < -0.3 is 9.47 Å². The van der Waals surface area contributed by atoms with Gasteiger partial charge in [0.25, 0.3) is 0 Å². The zero-order chi connectivity index (χ0) is 20.2. The van der Waals surface area contributed by atoms with E-state index in [0.717, 1.165) is 27.9 Å². The van der Waals surface area contributed by atoms with Crippen LogP contribution in [0, 0.1) is 17.2 Å². The fourth-order valence-corrected chi connectivity index (χ4v) is 2.71. The third-order valence-corrected chi connectivity index (χ3v) is 3.74. The molecule has 7 nitrogen and oxygen atoms in total. The summed E-state index contributed by atoms with van der Waals surface area (Å²) in [7, 11) is -1.70. The molecule has 0 unspecified atom stereocenters. The van der Waals surface area contributed by atoms with Crippen molar-refractivity contribution in [2.45, 2.75) is 6.92 Å². The first-order valence-corrected chi connectivity index (χ1v) is 9.10. The van der Waals surface area contributed by atoms with Crippen LogP contribution < -0.4 is 28.1 Å². The highest BCUT2D eigenvalue weighted by molar-refractivity contribution is 6.30. The Morgan fingerprint density at radius 3 is 2.07 bits per heavy atom. The molecular formula is C18H16Cl2O7. The second kappa shape index (κ2) is 8.71. The molecule has 0 aliphatic carbocycles. The van der Waals surface area contributed by atoms with Crippen LogP contribution in [0.15, 0.2) is 46.9 Å². The van der Waals surface area contributed by atoms with Crippen molar-refractivity contribution >= 4 is 22.4 Å². The minimum absolute atomic E-state index is 0.664. The summed E-state index contributed by atoms with van der Waals surface area (Å²) in [6.45, 7) is 1.92. The highest BCUT2D eigenvalue weighted by atomic mass is 35.7. The lowest BCUT2D eigenvalue weighted by Gasteiger charge is -2.17. The van der Waals surface area contributed by atoms with Gasteiger partial charge in [-0.25, -0.2) is 23.1 Å². The third-order valence-electron chi connectivity index (χ3n) is 3.51. The summed E-state index contributed by atoms with van der Waals surface area (Å²) in [6, 6.07) is 13.5. The maximum Gasteiger partial charge on any atom is 0.368 e. The molecule has 0 saturated carbocycles. The van der Waals surface area contributed by atoms with Gasteiger partial charge in [0, 0.05) is 22.5 Å². The first-order valence-electron chi connectivity index (χ1n) is 7.49. The topological polar surface area (TPSA) is 122 Å². The predicted molar refractivity (Wildman–Crippen MR) is 88.9 cm³/mol. The van der Waals surface area contributed by atoms with E-state index in [9.17, 15) is 0 Å². The minimum Gasteiger partial charge on any atom is -0.493 e. The molecular weight excluding hydrogens is 399 g/mol. The first-order chi connectivity index (χ1) is 12.6. The lowest BCUT2D eigenvalue weighted by atomic mass is 10.0. The normalized spacial score (nSPS) is 11.0. The number of ether oxygens (including phenoxy) is 2. The summed E-state index contributed by atoms with van der Waals surface area (Å²) in [6.07, 6.45) is 0. The third kappa shape index (κ3) is 5.93. The lowest BCUT2D eigenvalue weighted by molar-refractivity contribution is -2.00. The average molecular weight is 415 g/mol. The zero-order valence-electron chi connectivity index (χ0n) is 14.7. The van der Waals surface area contributed by atoms with Crippen molar-refractivity contribution in [3.05, 3.63) is 53.2 Å². The van der Waals surface area contributed by atoms with E-state index >= 15 is 0 Å². The molecule has 0 N–H and O–H groups in total. The fourth-order valence-electron chi connectivity index (χ4n) is 2.52. The monoisotopic (exact) mass is 414 g/mol. The molecule has 0 spiro atoms. The maximum atomic E-state index is 8.49. The van der Waals surface area contributed by atoms with E-state index < -0.39 is 10.2 Å². The number of fused-ring (bicyclic) bond motifs is 1. The molecule has 0 amide bonds. The molecule has 2 aromatic carbocycles. The SMILES string of the molecule is COc1cc2cc(C)[o+]c(-c3cccc(Cl)c3)c2cc1OC.[O-][Cl+3]([O-])([O-])[O-]. The number of hydrogen-bond acceptors (Lipinski definition) is 6. The molecule has 0 aliphatic heterocycles. The van der Waals surface area contributed by atoms with Crippen molar-refractivity contribution in [1.82, 2.24) is 0 Å². The highest BCUT2D eigenvalue weighted by Gasteiger charge is 2.21. The Kier molecular flexibility index (Phi) is 6.83. The predicted octanol–water partition coefficient (Wildman–Crippen LogP) is 0.604. The molecule has 3 aromatic rings. The van der Waals surface area contributed by atoms with Gasteiger partial charge in [0.1, 0.15) is 0 Å². The van der Waals surface area contributed by atoms with E-state index in [2.05, 4.69) is 0 Å². The number of methoxy groups -OCH3 is 2. The Labute approximate surface area is 162 Å². The first kappa shape index (κ1) is 21.2. The Bertz CT molecular complexity index is 933. The standard InChI is InChI=1S/C18H16ClO3.ClHO4/c1-11-7-13-9-16(20-2)17(21-3)10-15(13)18(22-11)12-5-4-6-14(19)8-12;2-1(3,4)5/h4-10H,1-3H3;(H,2,3,4,5)/q+1;/p-1. The Balaban J connectivity index is 0.000000465. The molecule has 0 saturated heterocycles. The molecule has 0 aliphatic rings. The molecule has 0 atom stereocenters. The van der Waals surface area contributed by atoms with Crippen LogP contribution in [0.3, 0.4) is 0 Å². The van der Waals surface area contributed by atoms with E-state index in [1.54, 1.807) is 14.2 Å². The van der Waals surface area contributed by atoms with Crippen LogP contribution in [0.5, 0.6) is 11.5 Å². The number of hydrogen-bond donors (Lipinski definition) is 0. The molecule has 0 radical (unpaired) electrons. The van der Waals surface area contributed by atoms with Crippen LogP contribution in [0.1, 0.15) is 5.76 Å². The van der Waals surface area contributed by atoms with Crippen LogP contribution >= 0.6 is 11.6 Å². The fraction of sp³-hybridized carbons (Fsp3) is 0.167. The number of halogens is 2. The largest absolute Gasteiger partial charge is 0.493 e. The van der Waals surface area contributed by atoms with Crippen LogP contribution in [-0.4, -0.2) is 14.2 Å². The Morgan fingerprint density at radius 1 is 0.926 bits per heavy atom. The van der Waals surface area contributed by atoms with E-state index in [-0.39, 0.29) is 0 Å². The van der Waals surface area contributed by atoms with Gasteiger partial charge in [-0.15, -0.1) is 10.2 Å². The van der Waals surface area contributed by atoms with Gasteiger partial charge in [0.15, 0.2) is 11.5 Å². The van der Waals surface area contributed by atoms with Crippen molar-refractivity contribution in [2.75, 3.05) is 14.2 Å². The molecule has 144 valence electrons. The van der Waals surface area contributed by atoms with E-state index in [4.69, 9.17) is 44.1 Å². The van der Waals surface area contributed by atoms with Gasteiger partial charge in [-0.05, 0) is 24.3 Å². The maximum absolute atomic E-state index is 8.49. The van der Waals surface area contributed by atoms with Crippen LogP contribution in [-0.2, 0) is 0 Å². The summed E-state index contributed by atoms with van der Waals surface area (Å²) in [5.74, 6) is 2.93. The van der Waals surface area contributed by atoms with Gasteiger partial charge in [0.05, 0.1) is 32.1 Å². The number of rotatable bonds is 3. The number of benzene rings is 2. The summed E-state index contributed by atoms with van der Waals surface area (Å²) < 4.78 is 50.7. The minimum atomic E-state index is -4.94. The van der Waals surface area contributed by atoms with Gasteiger partial charge in [-0.3, -0.25) is 0 Å². The second-order valence-electron chi connectivity index (χ2n) is 5.37. The Morgan fingerprint density at radius 2 is 1.52 bits per heavy atom. The van der Waals surface area contributed by atoms with Gasteiger partial charge >= 0.3 is 11.5 Å². The van der Waals surface area contributed by atoms with E-state index in [1.165, 1.54) is 0 Å². The van der Waals surface area contributed by atoms with Crippen LogP contribution in [0.25, 0.3) is 22.1 Å². The molecule has 0 bridgehead atoms. The molecule has 3 rings (SSSR count). The molecule has 0 fully saturated rings. The van der Waals surface area contributed by atoms with Crippen LogP contribution in [0.4, 0.5) is 0 Å². The molecule has 1 aromatic heterocycles. The van der Waals surface area contributed by atoms with E-state index in [0.29, 0.717) is 16.5 Å². The van der Waals surface area contributed by atoms with Gasteiger partial charge in [0.2, 0.25) is 0 Å². The van der Waals surface area contributed by atoms with Crippen molar-refractivity contribution in [1.29, 1.82) is 0 Å². The van der Waals surface area contributed by atoms with Crippen LogP contribution in [0.2, 0.25) is 5.02 Å². The van der Waals surface area contributed by atoms with Crippen molar-refractivity contribution in [2.24, 2.45) is 0 Å². The summed E-state index contributed by atoms with van der Waals surface area (Å²) in [5, 5.41) is 2.64. The average Bonchev–Trinajstić information content (AvgIpc) is 2.58. The number of aryl methyl sites for hydroxylation is 1. The van der Waals surface area contributed by atoms with Crippen molar-refractivity contribution in [3.8, 4) is 22.8 Å². The smallest absolute Gasteiger partial charge is 0.368 e. The molecule has 9 heteroatoms. The van der Waals surface area contributed by atoms with Gasteiger partial charge in [-0.2, -0.15) is 0 Å². The van der Waals surface area contributed by atoms with Crippen molar-refractivity contribution < 1.29 is 42.8 Å². The van der Waals surface area contributed by atoms with Crippen molar-refractivity contribution in [3.63, 3.8) is 0 Å².